The van der Waals surface area contributed by atoms with E-state index in [1.165, 1.54) is 13.8 Å². The number of rotatable bonds is 6. The summed E-state index contributed by atoms with van der Waals surface area (Å²) in [7, 11) is -4.23. The molecule has 11 heteroatoms. The van der Waals surface area contributed by atoms with E-state index in [-0.39, 0.29) is 27.7 Å². The number of alkyl halides is 3. The van der Waals surface area contributed by atoms with Crippen LogP contribution < -0.4 is 9.62 Å². The lowest BCUT2D eigenvalue weighted by Crippen LogP contribution is -2.38. The van der Waals surface area contributed by atoms with Crippen LogP contribution in [0.15, 0.2) is 57.9 Å². The maximum atomic E-state index is 13.4. The molecule has 0 saturated heterocycles. The van der Waals surface area contributed by atoms with Gasteiger partial charge in [-0.2, -0.15) is 13.2 Å². The van der Waals surface area contributed by atoms with Crippen LogP contribution in [0.25, 0.3) is 0 Å². The molecular formula is C21H20F3N3O4S. The topological polar surface area (TPSA) is 92.5 Å². The molecule has 0 aliphatic carbocycles. The van der Waals surface area contributed by atoms with Crippen LogP contribution in [0.2, 0.25) is 0 Å². The number of carbonyl (C=O) groups is 1. The minimum absolute atomic E-state index is 0.0720. The third-order valence-corrected chi connectivity index (χ3v) is 6.64. The number of anilines is 2. The molecule has 0 bridgehead atoms. The Morgan fingerprint density at radius 3 is 2.12 bits per heavy atom. The molecule has 1 aromatic heterocycles. The molecule has 0 spiro atoms. The summed E-state index contributed by atoms with van der Waals surface area (Å²) in [6.07, 6.45) is -4.51. The van der Waals surface area contributed by atoms with E-state index in [4.69, 9.17) is 4.52 Å². The first kappa shape index (κ1) is 23.3. The van der Waals surface area contributed by atoms with Gasteiger partial charge in [0.2, 0.25) is 5.91 Å². The van der Waals surface area contributed by atoms with Crippen molar-refractivity contribution in [1.82, 2.24) is 5.16 Å². The second-order valence-corrected chi connectivity index (χ2v) is 8.92. The number of hydrogen-bond acceptors (Lipinski definition) is 5. The van der Waals surface area contributed by atoms with E-state index in [9.17, 15) is 26.4 Å². The van der Waals surface area contributed by atoms with Crippen molar-refractivity contribution in [2.45, 2.75) is 31.8 Å². The minimum Gasteiger partial charge on any atom is -0.360 e. The average molecular weight is 467 g/mol. The molecule has 0 fully saturated rings. The second-order valence-electron chi connectivity index (χ2n) is 7.12. The molecule has 7 nitrogen and oxygen atoms in total. The van der Waals surface area contributed by atoms with E-state index >= 15 is 0 Å². The molecule has 32 heavy (non-hydrogen) atoms. The quantitative estimate of drug-likeness (QED) is 0.578. The molecule has 0 unspecified atom stereocenters. The van der Waals surface area contributed by atoms with E-state index in [2.05, 4.69) is 10.5 Å². The molecule has 1 amide bonds. The zero-order valence-electron chi connectivity index (χ0n) is 17.4. The maximum absolute atomic E-state index is 13.4. The fourth-order valence-electron chi connectivity index (χ4n) is 3.05. The van der Waals surface area contributed by atoms with Gasteiger partial charge in [-0.3, -0.25) is 9.10 Å². The van der Waals surface area contributed by atoms with Gasteiger partial charge in [0.25, 0.3) is 10.0 Å². The first-order chi connectivity index (χ1) is 14.9. The summed E-state index contributed by atoms with van der Waals surface area (Å²) in [5.74, 6) is -0.663. The third-order valence-electron chi connectivity index (χ3n) is 4.62. The normalized spacial score (nSPS) is 11.9. The van der Waals surface area contributed by atoms with Crippen LogP contribution in [0.5, 0.6) is 0 Å². The molecular weight excluding hydrogens is 447 g/mol. The van der Waals surface area contributed by atoms with Crippen LogP contribution in [-0.2, 0) is 21.0 Å². The molecule has 170 valence electrons. The van der Waals surface area contributed by atoms with E-state index < -0.39 is 34.2 Å². The van der Waals surface area contributed by atoms with Crippen molar-refractivity contribution < 1.29 is 30.9 Å². The van der Waals surface area contributed by atoms with E-state index in [0.29, 0.717) is 0 Å². The van der Waals surface area contributed by atoms with Crippen LogP contribution in [0, 0.1) is 20.8 Å². The Labute approximate surface area is 182 Å². The van der Waals surface area contributed by atoms with E-state index in [1.807, 2.05) is 6.92 Å². The number of sulfonamides is 1. The highest BCUT2D eigenvalue weighted by Crippen LogP contribution is 2.30. The Balaban J connectivity index is 1.91. The predicted octanol–water partition coefficient (Wildman–Crippen LogP) is 4.45. The summed E-state index contributed by atoms with van der Waals surface area (Å²) in [6, 6.07) is 10.3. The monoisotopic (exact) mass is 467 g/mol. The molecule has 0 aliphatic heterocycles. The Morgan fingerprint density at radius 1 is 1.03 bits per heavy atom. The van der Waals surface area contributed by atoms with Crippen molar-refractivity contribution in [2.75, 3.05) is 16.2 Å². The second kappa shape index (κ2) is 8.65. The highest BCUT2D eigenvalue weighted by Gasteiger charge is 2.33. The van der Waals surface area contributed by atoms with Gasteiger partial charge in [-0.05, 0) is 57.2 Å². The minimum atomic E-state index is -4.51. The molecule has 0 atom stereocenters. The van der Waals surface area contributed by atoms with Crippen molar-refractivity contribution in [1.29, 1.82) is 0 Å². The highest BCUT2D eigenvalue weighted by molar-refractivity contribution is 7.93. The van der Waals surface area contributed by atoms with Gasteiger partial charge in [-0.25, -0.2) is 8.42 Å². The summed E-state index contributed by atoms with van der Waals surface area (Å²) in [6.45, 7) is 4.13. The molecule has 1 heterocycles. The molecule has 3 rings (SSSR count). The number of amides is 1. The lowest BCUT2D eigenvalue weighted by molar-refractivity contribution is -0.137. The SMILES string of the molecule is Cc1ccc(N(CC(=O)Nc2ccc(C(F)(F)F)cc2)S(=O)(=O)c2c(C)noc2C)cc1. The fourth-order valence-corrected chi connectivity index (χ4v) is 4.77. The van der Waals surface area contributed by atoms with Crippen molar-refractivity contribution >= 4 is 27.3 Å². The van der Waals surface area contributed by atoms with Crippen LogP contribution in [0.4, 0.5) is 24.5 Å². The maximum Gasteiger partial charge on any atom is 0.416 e. The Bertz CT molecular complexity index is 1200. The van der Waals surface area contributed by atoms with Gasteiger partial charge < -0.3 is 9.84 Å². The van der Waals surface area contributed by atoms with Crippen molar-refractivity contribution in [3.05, 3.63) is 71.1 Å². The number of carbonyl (C=O) groups excluding carboxylic acids is 1. The van der Waals surface area contributed by atoms with Crippen LogP contribution in [-0.4, -0.2) is 26.0 Å². The fraction of sp³-hybridized carbons (Fsp3) is 0.238. The summed E-state index contributed by atoms with van der Waals surface area (Å²) >= 11 is 0. The number of halogens is 3. The van der Waals surface area contributed by atoms with Crippen molar-refractivity contribution in [2.24, 2.45) is 0 Å². The number of aromatic nitrogens is 1. The van der Waals surface area contributed by atoms with Crippen molar-refractivity contribution in [3.8, 4) is 0 Å². The van der Waals surface area contributed by atoms with Crippen LogP contribution in [0.3, 0.4) is 0 Å². The van der Waals surface area contributed by atoms with Gasteiger partial charge >= 0.3 is 6.18 Å². The van der Waals surface area contributed by atoms with Gasteiger partial charge in [0.15, 0.2) is 10.7 Å². The number of benzene rings is 2. The Morgan fingerprint density at radius 2 is 1.62 bits per heavy atom. The van der Waals surface area contributed by atoms with Crippen LogP contribution >= 0.6 is 0 Å². The summed E-state index contributed by atoms with van der Waals surface area (Å²) < 4.78 is 70.8. The first-order valence-electron chi connectivity index (χ1n) is 9.39. The third kappa shape index (κ3) is 4.93. The molecule has 1 N–H and O–H groups in total. The lowest BCUT2D eigenvalue weighted by atomic mass is 10.2. The molecule has 0 aliphatic rings. The van der Waals surface area contributed by atoms with Crippen molar-refractivity contribution in [3.63, 3.8) is 0 Å². The molecule has 0 radical (unpaired) electrons. The van der Waals surface area contributed by atoms with E-state index in [1.54, 1.807) is 24.3 Å². The number of aryl methyl sites for hydroxylation is 3. The first-order valence-corrected chi connectivity index (χ1v) is 10.8. The zero-order chi connectivity index (χ0) is 23.7. The number of hydrogen-bond donors (Lipinski definition) is 1. The largest absolute Gasteiger partial charge is 0.416 e. The van der Waals surface area contributed by atoms with Gasteiger partial charge in [-0.15, -0.1) is 0 Å². The molecule has 2 aromatic carbocycles. The molecule has 3 aromatic rings. The van der Waals surface area contributed by atoms with Crippen LogP contribution in [0.1, 0.15) is 22.6 Å². The predicted molar refractivity (Wildman–Crippen MR) is 112 cm³/mol. The highest BCUT2D eigenvalue weighted by atomic mass is 32.2. The van der Waals surface area contributed by atoms with Gasteiger partial charge in [0.05, 0.1) is 11.3 Å². The summed E-state index contributed by atoms with van der Waals surface area (Å²) in [5, 5.41) is 6.10. The lowest BCUT2D eigenvalue weighted by Gasteiger charge is -2.24. The Hall–Kier alpha value is -3.34. The number of nitrogens with zero attached hydrogens (tertiary/aromatic N) is 2. The number of nitrogens with one attached hydrogen (secondary N) is 1. The average Bonchev–Trinajstić information content (AvgIpc) is 3.05. The van der Waals surface area contributed by atoms with E-state index in [0.717, 1.165) is 34.1 Å². The smallest absolute Gasteiger partial charge is 0.360 e. The van der Waals surface area contributed by atoms with Gasteiger partial charge in [0, 0.05) is 5.69 Å². The molecule has 0 saturated carbocycles. The summed E-state index contributed by atoms with van der Waals surface area (Å²) in [4.78, 5) is 12.5. The van der Waals surface area contributed by atoms with Gasteiger partial charge in [-0.1, -0.05) is 22.9 Å². The zero-order valence-corrected chi connectivity index (χ0v) is 18.2. The summed E-state index contributed by atoms with van der Waals surface area (Å²) in [5.41, 5.74) is 0.498. The Kier molecular flexibility index (Phi) is 6.31. The van der Waals surface area contributed by atoms with Gasteiger partial charge in [0.1, 0.15) is 12.2 Å². The standard InChI is InChI=1S/C21H20F3N3O4S/c1-13-4-10-18(11-5-13)27(32(29,30)20-14(2)26-31-15(20)3)12-19(28)25-17-8-6-16(7-9-17)21(22,23)24/h4-11H,12H2,1-3H3,(H,25,28).